The first-order valence-electron chi connectivity index (χ1n) is 6.28. The summed E-state index contributed by atoms with van der Waals surface area (Å²) in [5, 5.41) is 17.0. The quantitative estimate of drug-likeness (QED) is 0.892. The van der Waals surface area contributed by atoms with Gasteiger partial charge in [0.15, 0.2) is 0 Å². The average molecular weight is 329 g/mol. The van der Waals surface area contributed by atoms with Crippen LogP contribution in [0.3, 0.4) is 0 Å². The summed E-state index contributed by atoms with van der Waals surface area (Å²) < 4.78 is 28.6. The maximum Gasteiger partial charge on any atom is 0.245 e. The minimum Gasteiger partial charge on any atom is -0.392 e. The van der Waals surface area contributed by atoms with Crippen LogP contribution in [0.5, 0.6) is 0 Å². The topological polar surface area (TPSA) is 88.3 Å². The van der Waals surface area contributed by atoms with E-state index in [9.17, 15) is 8.42 Å². The van der Waals surface area contributed by atoms with Crippen LogP contribution in [0.15, 0.2) is 29.4 Å². The summed E-state index contributed by atoms with van der Waals surface area (Å²) in [5.74, 6) is 0.597. The second-order valence-electron chi connectivity index (χ2n) is 4.70. The van der Waals surface area contributed by atoms with Gasteiger partial charge in [0.2, 0.25) is 10.0 Å². The standard InChI is InChI=1S/C12H13ClN4O3S/c13-10-2-1-9(7-18)5-11(10)21(19,20)17-4-3-16-8-14-15-12(16)6-17/h1-2,5,8,18H,3-4,6-7H2. The molecule has 0 fully saturated rings. The van der Waals surface area contributed by atoms with Crippen molar-refractivity contribution in [2.45, 2.75) is 24.6 Å². The minimum atomic E-state index is -3.74. The SMILES string of the molecule is O=S(=O)(c1cc(CO)ccc1Cl)N1CCn2cnnc2C1. The van der Waals surface area contributed by atoms with E-state index in [1.54, 1.807) is 12.4 Å². The van der Waals surface area contributed by atoms with Gasteiger partial charge in [0.1, 0.15) is 17.0 Å². The molecule has 112 valence electrons. The molecular weight excluding hydrogens is 316 g/mol. The molecule has 1 aromatic heterocycles. The van der Waals surface area contributed by atoms with Crippen molar-refractivity contribution in [2.75, 3.05) is 6.54 Å². The highest BCUT2D eigenvalue weighted by Gasteiger charge is 2.31. The molecule has 1 aliphatic rings. The molecule has 0 atom stereocenters. The van der Waals surface area contributed by atoms with Gasteiger partial charge in [0.25, 0.3) is 0 Å². The predicted octanol–water partition coefficient (Wildman–Crippen LogP) is 0.628. The number of aliphatic hydroxyl groups is 1. The molecule has 9 heteroatoms. The first kappa shape index (κ1) is 14.5. The van der Waals surface area contributed by atoms with Crippen LogP contribution in [-0.2, 0) is 29.7 Å². The number of aliphatic hydroxyl groups excluding tert-OH is 1. The fourth-order valence-electron chi connectivity index (χ4n) is 2.23. The molecule has 1 aromatic carbocycles. The lowest BCUT2D eigenvalue weighted by Crippen LogP contribution is -2.38. The molecule has 7 nitrogen and oxygen atoms in total. The van der Waals surface area contributed by atoms with Gasteiger partial charge in [-0.3, -0.25) is 0 Å². The average Bonchev–Trinajstić information content (AvgIpc) is 2.95. The molecule has 0 unspecified atom stereocenters. The Kier molecular flexibility index (Phi) is 3.70. The molecule has 2 aromatic rings. The molecule has 21 heavy (non-hydrogen) atoms. The van der Waals surface area contributed by atoms with Crippen LogP contribution < -0.4 is 0 Å². The number of nitrogens with zero attached hydrogens (tertiary/aromatic N) is 4. The van der Waals surface area contributed by atoms with Gasteiger partial charge in [0.05, 0.1) is 18.2 Å². The Morgan fingerprint density at radius 1 is 1.33 bits per heavy atom. The maximum absolute atomic E-state index is 12.7. The molecule has 0 radical (unpaired) electrons. The summed E-state index contributed by atoms with van der Waals surface area (Å²) >= 11 is 6.02. The Bertz CT molecular complexity index is 775. The summed E-state index contributed by atoms with van der Waals surface area (Å²) in [4.78, 5) is 0.00341. The maximum atomic E-state index is 12.7. The monoisotopic (exact) mass is 328 g/mol. The van der Waals surface area contributed by atoms with E-state index in [-0.39, 0.29) is 23.1 Å². The molecule has 0 aliphatic carbocycles. The van der Waals surface area contributed by atoms with E-state index in [2.05, 4.69) is 10.2 Å². The normalized spacial score (nSPS) is 15.9. The van der Waals surface area contributed by atoms with Gasteiger partial charge in [-0.05, 0) is 17.7 Å². The predicted molar refractivity (Wildman–Crippen MR) is 75.0 cm³/mol. The third kappa shape index (κ3) is 2.55. The Labute approximate surface area is 126 Å². The zero-order chi connectivity index (χ0) is 15.0. The summed E-state index contributed by atoms with van der Waals surface area (Å²) in [6, 6.07) is 4.47. The Balaban J connectivity index is 1.98. The highest BCUT2D eigenvalue weighted by Crippen LogP contribution is 2.27. The number of aromatic nitrogens is 3. The van der Waals surface area contributed by atoms with Crippen LogP contribution in [0.4, 0.5) is 0 Å². The zero-order valence-electron chi connectivity index (χ0n) is 11.0. The third-order valence-electron chi connectivity index (χ3n) is 3.40. The Morgan fingerprint density at radius 3 is 2.90 bits per heavy atom. The number of hydrogen-bond acceptors (Lipinski definition) is 5. The summed E-state index contributed by atoms with van der Waals surface area (Å²) in [7, 11) is -3.74. The van der Waals surface area contributed by atoms with Crippen LogP contribution in [0, 0.1) is 0 Å². The largest absolute Gasteiger partial charge is 0.392 e. The van der Waals surface area contributed by atoms with Crippen LogP contribution in [0.2, 0.25) is 5.02 Å². The van der Waals surface area contributed by atoms with Crippen LogP contribution in [0.25, 0.3) is 0 Å². The molecule has 0 spiro atoms. The molecule has 2 heterocycles. The second kappa shape index (κ2) is 5.38. The highest BCUT2D eigenvalue weighted by atomic mass is 35.5. The number of hydrogen-bond donors (Lipinski definition) is 1. The van der Waals surface area contributed by atoms with Crippen LogP contribution >= 0.6 is 11.6 Å². The van der Waals surface area contributed by atoms with Gasteiger partial charge < -0.3 is 9.67 Å². The lowest BCUT2D eigenvalue weighted by Gasteiger charge is -2.26. The summed E-state index contributed by atoms with van der Waals surface area (Å²) in [6.45, 7) is 0.738. The lowest BCUT2D eigenvalue weighted by molar-refractivity contribution is 0.281. The van der Waals surface area contributed by atoms with Crippen LogP contribution in [-0.4, -0.2) is 39.1 Å². The van der Waals surface area contributed by atoms with E-state index in [1.165, 1.54) is 16.4 Å². The van der Waals surface area contributed by atoms with E-state index in [1.807, 2.05) is 4.57 Å². The molecule has 1 aliphatic heterocycles. The van der Waals surface area contributed by atoms with Crippen molar-refractivity contribution in [3.05, 3.63) is 40.9 Å². The van der Waals surface area contributed by atoms with E-state index in [0.717, 1.165) is 0 Å². The Morgan fingerprint density at radius 2 is 2.14 bits per heavy atom. The molecule has 0 saturated heterocycles. The zero-order valence-corrected chi connectivity index (χ0v) is 12.5. The minimum absolute atomic E-state index is 0.00341. The Hall–Kier alpha value is -1.48. The number of rotatable bonds is 3. The van der Waals surface area contributed by atoms with Gasteiger partial charge in [0, 0.05) is 13.1 Å². The molecule has 0 saturated carbocycles. The van der Waals surface area contributed by atoms with E-state index >= 15 is 0 Å². The van der Waals surface area contributed by atoms with E-state index in [4.69, 9.17) is 16.7 Å². The second-order valence-corrected chi connectivity index (χ2v) is 7.02. The van der Waals surface area contributed by atoms with E-state index in [0.29, 0.717) is 24.5 Å². The van der Waals surface area contributed by atoms with Gasteiger partial charge in [-0.15, -0.1) is 10.2 Å². The van der Waals surface area contributed by atoms with Crippen molar-refractivity contribution < 1.29 is 13.5 Å². The number of benzene rings is 1. The van der Waals surface area contributed by atoms with Gasteiger partial charge in [-0.2, -0.15) is 4.31 Å². The van der Waals surface area contributed by atoms with Gasteiger partial charge in [-0.1, -0.05) is 17.7 Å². The first-order valence-corrected chi connectivity index (χ1v) is 8.10. The van der Waals surface area contributed by atoms with Crippen molar-refractivity contribution in [1.29, 1.82) is 0 Å². The molecular formula is C12H13ClN4O3S. The molecule has 0 bridgehead atoms. The summed E-state index contributed by atoms with van der Waals surface area (Å²) in [5.41, 5.74) is 0.498. The fraction of sp³-hybridized carbons (Fsp3) is 0.333. The fourth-order valence-corrected chi connectivity index (χ4v) is 4.14. The highest BCUT2D eigenvalue weighted by molar-refractivity contribution is 7.89. The van der Waals surface area contributed by atoms with Gasteiger partial charge in [-0.25, -0.2) is 8.42 Å². The van der Waals surface area contributed by atoms with Crippen molar-refractivity contribution in [3.63, 3.8) is 0 Å². The van der Waals surface area contributed by atoms with E-state index < -0.39 is 10.0 Å². The third-order valence-corrected chi connectivity index (χ3v) is 5.73. The number of fused-ring (bicyclic) bond motifs is 1. The first-order chi connectivity index (χ1) is 10.0. The number of sulfonamides is 1. The smallest absolute Gasteiger partial charge is 0.245 e. The molecule has 0 amide bonds. The van der Waals surface area contributed by atoms with Crippen LogP contribution in [0.1, 0.15) is 11.4 Å². The summed E-state index contributed by atoms with van der Waals surface area (Å²) in [6.07, 6.45) is 1.58. The van der Waals surface area contributed by atoms with Crippen molar-refractivity contribution in [3.8, 4) is 0 Å². The van der Waals surface area contributed by atoms with Crippen molar-refractivity contribution in [1.82, 2.24) is 19.1 Å². The van der Waals surface area contributed by atoms with Crippen molar-refractivity contribution in [2.24, 2.45) is 0 Å². The lowest BCUT2D eigenvalue weighted by atomic mass is 10.2. The number of halogens is 1. The van der Waals surface area contributed by atoms with Crippen molar-refractivity contribution >= 4 is 21.6 Å². The molecule has 1 N–H and O–H groups in total. The van der Waals surface area contributed by atoms with Gasteiger partial charge >= 0.3 is 0 Å². The molecule has 3 rings (SSSR count).